The summed E-state index contributed by atoms with van der Waals surface area (Å²) < 4.78 is 5.46. The maximum Gasteiger partial charge on any atom is 0.301 e. The number of benzene rings is 1. The summed E-state index contributed by atoms with van der Waals surface area (Å²) in [5.41, 5.74) is 3.31. The Morgan fingerprint density at radius 1 is 1.28 bits per heavy atom. The molecule has 0 aliphatic heterocycles. The second-order valence-corrected chi connectivity index (χ2v) is 4.23. The Morgan fingerprint density at radius 3 is 2.61 bits per heavy atom. The van der Waals surface area contributed by atoms with Crippen LogP contribution in [-0.4, -0.2) is 19.1 Å². The molecule has 0 aliphatic carbocycles. The lowest BCUT2D eigenvalue weighted by Gasteiger charge is -2.14. The SMILES string of the molecule is CCc1ccc(N(C)c2nc(CNC)co2)cc1. The number of hydrogen-bond acceptors (Lipinski definition) is 4. The molecule has 0 unspecified atom stereocenters. The Kier molecular flexibility index (Phi) is 3.99. The molecule has 0 radical (unpaired) electrons. The minimum Gasteiger partial charge on any atom is -0.431 e. The Balaban J connectivity index is 2.15. The van der Waals surface area contributed by atoms with E-state index in [4.69, 9.17) is 4.42 Å². The number of aromatic nitrogens is 1. The fourth-order valence-corrected chi connectivity index (χ4v) is 1.78. The first-order valence-corrected chi connectivity index (χ1v) is 6.16. The molecule has 0 bridgehead atoms. The predicted molar refractivity (Wildman–Crippen MR) is 73.1 cm³/mol. The van der Waals surface area contributed by atoms with Gasteiger partial charge in [-0.3, -0.25) is 4.90 Å². The Bertz CT molecular complexity index is 490. The maximum absolute atomic E-state index is 5.46. The van der Waals surface area contributed by atoms with Crippen LogP contribution < -0.4 is 10.2 Å². The van der Waals surface area contributed by atoms with Crippen LogP contribution in [0.2, 0.25) is 0 Å². The molecular formula is C14H19N3O. The summed E-state index contributed by atoms with van der Waals surface area (Å²) in [7, 11) is 3.84. The molecule has 4 nitrogen and oxygen atoms in total. The third kappa shape index (κ3) is 2.71. The van der Waals surface area contributed by atoms with Gasteiger partial charge in [0, 0.05) is 19.3 Å². The fourth-order valence-electron chi connectivity index (χ4n) is 1.78. The molecule has 0 aliphatic rings. The van der Waals surface area contributed by atoms with Crippen molar-refractivity contribution in [3.8, 4) is 0 Å². The number of anilines is 2. The van der Waals surface area contributed by atoms with Gasteiger partial charge in [0.2, 0.25) is 0 Å². The molecule has 1 heterocycles. The van der Waals surface area contributed by atoms with Gasteiger partial charge in [-0.15, -0.1) is 0 Å². The molecule has 1 aromatic heterocycles. The third-order valence-corrected chi connectivity index (χ3v) is 2.92. The van der Waals surface area contributed by atoms with Crippen LogP contribution in [-0.2, 0) is 13.0 Å². The first kappa shape index (κ1) is 12.6. The van der Waals surface area contributed by atoms with Gasteiger partial charge >= 0.3 is 6.01 Å². The summed E-state index contributed by atoms with van der Waals surface area (Å²) in [5.74, 6) is 0. The van der Waals surface area contributed by atoms with E-state index in [-0.39, 0.29) is 0 Å². The Morgan fingerprint density at radius 2 is 2.00 bits per heavy atom. The number of aryl methyl sites for hydroxylation is 1. The lowest BCUT2D eigenvalue weighted by Crippen LogP contribution is -2.10. The molecular weight excluding hydrogens is 226 g/mol. The molecule has 0 fully saturated rings. The monoisotopic (exact) mass is 245 g/mol. The Hall–Kier alpha value is -1.81. The van der Waals surface area contributed by atoms with Crippen LogP contribution in [0.25, 0.3) is 0 Å². The van der Waals surface area contributed by atoms with Crippen LogP contribution >= 0.6 is 0 Å². The quantitative estimate of drug-likeness (QED) is 0.879. The molecule has 96 valence electrons. The van der Waals surface area contributed by atoms with E-state index in [0.29, 0.717) is 12.6 Å². The lowest BCUT2D eigenvalue weighted by atomic mass is 10.1. The fraction of sp³-hybridized carbons (Fsp3) is 0.357. The van der Waals surface area contributed by atoms with Gasteiger partial charge in [-0.1, -0.05) is 19.1 Å². The first-order chi connectivity index (χ1) is 8.74. The summed E-state index contributed by atoms with van der Waals surface area (Å²) in [5, 5.41) is 3.05. The average molecular weight is 245 g/mol. The first-order valence-electron chi connectivity index (χ1n) is 6.16. The molecule has 0 saturated heterocycles. The predicted octanol–water partition coefficient (Wildman–Crippen LogP) is 2.72. The minimum absolute atomic E-state index is 0.615. The molecule has 18 heavy (non-hydrogen) atoms. The minimum atomic E-state index is 0.615. The van der Waals surface area contributed by atoms with Crippen molar-refractivity contribution >= 4 is 11.7 Å². The highest BCUT2D eigenvalue weighted by atomic mass is 16.4. The van der Waals surface area contributed by atoms with Gasteiger partial charge in [0.1, 0.15) is 6.26 Å². The van der Waals surface area contributed by atoms with Gasteiger partial charge in [-0.05, 0) is 31.2 Å². The van der Waals surface area contributed by atoms with Gasteiger partial charge in [0.25, 0.3) is 0 Å². The van der Waals surface area contributed by atoms with Crippen molar-refractivity contribution in [1.82, 2.24) is 10.3 Å². The average Bonchev–Trinajstić information content (AvgIpc) is 2.87. The number of oxazole rings is 1. The smallest absolute Gasteiger partial charge is 0.301 e. The van der Waals surface area contributed by atoms with Crippen molar-refractivity contribution < 1.29 is 4.42 Å². The molecule has 1 aromatic carbocycles. The second-order valence-electron chi connectivity index (χ2n) is 4.23. The van der Waals surface area contributed by atoms with E-state index < -0.39 is 0 Å². The second kappa shape index (κ2) is 5.69. The summed E-state index contributed by atoms with van der Waals surface area (Å²) in [6.07, 6.45) is 2.73. The standard InChI is InChI=1S/C14H19N3O/c1-4-11-5-7-13(8-6-11)17(3)14-16-12(9-15-2)10-18-14/h5-8,10,15H,4,9H2,1-3H3. The highest BCUT2D eigenvalue weighted by Crippen LogP contribution is 2.23. The highest BCUT2D eigenvalue weighted by molar-refractivity contribution is 5.55. The summed E-state index contributed by atoms with van der Waals surface area (Å²) in [6.45, 7) is 2.86. The van der Waals surface area contributed by atoms with Gasteiger partial charge < -0.3 is 9.73 Å². The number of rotatable bonds is 5. The molecule has 1 N–H and O–H groups in total. The van der Waals surface area contributed by atoms with Crippen LogP contribution in [0.3, 0.4) is 0 Å². The van der Waals surface area contributed by atoms with E-state index in [1.165, 1.54) is 5.56 Å². The lowest BCUT2D eigenvalue weighted by molar-refractivity contribution is 0.559. The van der Waals surface area contributed by atoms with Crippen molar-refractivity contribution in [3.63, 3.8) is 0 Å². The molecule has 0 spiro atoms. The molecule has 2 aromatic rings. The molecule has 4 heteroatoms. The van der Waals surface area contributed by atoms with Crippen molar-refractivity contribution in [1.29, 1.82) is 0 Å². The normalized spacial score (nSPS) is 10.6. The summed E-state index contributed by atoms with van der Waals surface area (Å²) in [6, 6.07) is 9.04. The zero-order valence-corrected chi connectivity index (χ0v) is 11.1. The third-order valence-electron chi connectivity index (χ3n) is 2.92. The van der Waals surface area contributed by atoms with Crippen molar-refractivity contribution in [2.24, 2.45) is 0 Å². The van der Waals surface area contributed by atoms with E-state index in [1.807, 2.05) is 19.0 Å². The topological polar surface area (TPSA) is 41.3 Å². The molecule has 0 saturated carbocycles. The van der Waals surface area contributed by atoms with Gasteiger partial charge in [-0.2, -0.15) is 4.98 Å². The molecule has 0 atom stereocenters. The van der Waals surface area contributed by atoms with E-state index in [2.05, 4.69) is 41.5 Å². The van der Waals surface area contributed by atoms with Gasteiger partial charge in [-0.25, -0.2) is 0 Å². The Labute approximate surface area is 108 Å². The maximum atomic E-state index is 5.46. The number of nitrogens with zero attached hydrogens (tertiary/aromatic N) is 2. The van der Waals surface area contributed by atoms with Crippen molar-refractivity contribution in [2.45, 2.75) is 19.9 Å². The van der Waals surface area contributed by atoms with Crippen LogP contribution in [0.5, 0.6) is 0 Å². The van der Waals surface area contributed by atoms with Gasteiger partial charge in [0.15, 0.2) is 0 Å². The van der Waals surface area contributed by atoms with Crippen LogP contribution in [0, 0.1) is 0 Å². The van der Waals surface area contributed by atoms with E-state index >= 15 is 0 Å². The van der Waals surface area contributed by atoms with Crippen LogP contribution in [0.15, 0.2) is 34.9 Å². The molecule has 0 amide bonds. The van der Waals surface area contributed by atoms with Crippen LogP contribution in [0.1, 0.15) is 18.2 Å². The van der Waals surface area contributed by atoms with Crippen molar-refractivity contribution in [3.05, 3.63) is 41.8 Å². The van der Waals surface area contributed by atoms with Crippen molar-refractivity contribution in [2.75, 3.05) is 19.0 Å². The summed E-state index contributed by atoms with van der Waals surface area (Å²) >= 11 is 0. The van der Waals surface area contributed by atoms with Crippen LogP contribution in [0.4, 0.5) is 11.7 Å². The van der Waals surface area contributed by atoms with E-state index in [9.17, 15) is 0 Å². The largest absolute Gasteiger partial charge is 0.431 e. The van der Waals surface area contributed by atoms with E-state index in [1.54, 1.807) is 6.26 Å². The summed E-state index contributed by atoms with van der Waals surface area (Å²) in [4.78, 5) is 6.36. The zero-order valence-electron chi connectivity index (χ0n) is 11.1. The molecule has 2 rings (SSSR count). The number of nitrogens with one attached hydrogen (secondary N) is 1. The van der Waals surface area contributed by atoms with Gasteiger partial charge in [0.05, 0.1) is 5.69 Å². The zero-order chi connectivity index (χ0) is 13.0. The van der Waals surface area contributed by atoms with E-state index in [0.717, 1.165) is 17.8 Å². The highest BCUT2D eigenvalue weighted by Gasteiger charge is 2.10. The number of hydrogen-bond donors (Lipinski definition) is 1.